The monoisotopic (exact) mass is 449 g/mol. The number of oxime groups is 1. The van der Waals surface area contributed by atoms with E-state index in [0.717, 1.165) is 4.88 Å². The van der Waals surface area contributed by atoms with Gasteiger partial charge >= 0.3 is 0 Å². The van der Waals surface area contributed by atoms with Crippen LogP contribution in [0.5, 0.6) is 0 Å². The minimum atomic E-state index is -3.72. The van der Waals surface area contributed by atoms with E-state index in [0.29, 0.717) is 17.7 Å². The van der Waals surface area contributed by atoms with Gasteiger partial charge in [-0.15, -0.1) is 11.3 Å². The number of amidine groups is 1. The molecule has 0 aliphatic rings. The molecule has 1 heterocycles. The Bertz CT molecular complexity index is 824. The van der Waals surface area contributed by atoms with E-state index < -0.39 is 40.5 Å². The number of thiophene rings is 1. The predicted octanol–water partition coefficient (Wildman–Crippen LogP) is -0.956. The number of nitrogens with two attached hydrogens (primary N) is 1. The SMILES string of the molecule is CCCCS(=O)(=O)N[C@H](CO)C(=O)N[C@@H](C)C(=O)NCc1ccc(/C(N)=N/O)s1. The van der Waals surface area contributed by atoms with Crippen molar-refractivity contribution in [2.24, 2.45) is 10.9 Å². The number of carbonyl (C=O) groups is 2. The number of hydrogen-bond acceptors (Lipinski definition) is 8. The number of sulfonamides is 1. The molecule has 7 N–H and O–H groups in total. The molecule has 0 aliphatic carbocycles. The number of aliphatic hydroxyl groups is 1. The molecule has 29 heavy (non-hydrogen) atoms. The molecule has 1 rings (SSSR count). The van der Waals surface area contributed by atoms with Crippen LogP contribution < -0.4 is 21.1 Å². The van der Waals surface area contributed by atoms with Crippen LogP contribution in [0.4, 0.5) is 0 Å². The molecule has 0 aromatic carbocycles. The lowest BCUT2D eigenvalue weighted by atomic mass is 10.2. The molecule has 0 saturated carbocycles. The molecule has 0 spiro atoms. The van der Waals surface area contributed by atoms with Crippen LogP contribution in [0.1, 0.15) is 36.4 Å². The maximum absolute atomic E-state index is 12.2. The van der Waals surface area contributed by atoms with Crippen molar-refractivity contribution in [2.75, 3.05) is 12.4 Å². The molecule has 11 nitrogen and oxygen atoms in total. The summed E-state index contributed by atoms with van der Waals surface area (Å²) in [4.78, 5) is 25.7. The van der Waals surface area contributed by atoms with Gasteiger partial charge in [-0.1, -0.05) is 18.5 Å². The largest absolute Gasteiger partial charge is 0.409 e. The summed E-state index contributed by atoms with van der Waals surface area (Å²) in [5.74, 6) is -1.50. The molecule has 1 aromatic rings. The molecular weight excluding hydrogens is 422 g/mol. The Hall–Kier alpha value is -2.22. The maximum Gasteiger partial charge on any atom is 0.242 e. The Balaban J connectivity index is 2.57. The molecule has 0 fully saturated rings. The van der Waals surface area contributed by atoms with E-state index in [4.69, 9.17) is 10.9 Å². The highest BCUT2D eigenvalue weighted by Gasteiger charge is 2.26. The van der Waals surface area contributed by atoms with Crippen LogP contribution in [-0.4, -0.2) is 60.8 Å². The van der Waals surface area contributed by atoms with Gasteiger partial charge in [0.2, 0.25) is 21.8 Å². The number of amides is 2. The lowest BCUT2D eigenvalue weighted by Crippen LogP contribution is -2.54. The van der Waals surface area contributed by atoms with Crippen molar-refractivity contribution >= 4 is 39.0 Å². The third kappa shape index (κ3) is 8.35. The maximum atomic E-state index is 12.2. The number of carbonyl (C=O) groups excluding carboxylic acids is 2. The molecule has 13 heteroatoms. The number of nitrogens with one attached hydrogen (secondary N) is 3. The fourth-order valence-electron chi connectivity index (χ4n) is 2.15. The lowest BCUT2D eigenvalue weighted by Gasteiger charge is -2.19. The lowest BCUT2D eigenvalue weighted by molar-refractivity contribution is -0.130. The third-order valence-electron chi connectivity index (χ3n) is 3.80. The standard InChI is InChI=1S/C16H27N5O6S2/c1-3-4-7-29(26,27)21-12(9-22)16(24)19-10(2)15(23)18-8-11-5-6-13(28-11)14(17)20-25/h5-6,10,12,21-22,25H,3-4,7-9H2,1-2H3,(H2,17,20)(H,18,23)(H,19,24)/t10-,12+/m0/s1. The van der Waals surface area contributed by atoms with Gasteiger partial charge < -0.3 is 26.7 Å². The van der Waals surface area contributed by atoms with Crippen LogP contribution in [0.15, 0.2) is 17.3 Å². The van der Waals surface area contributed by atoms with Gasteiger partial charge in [-0.25, -0.2) is 13.1 Å². The Kier molecular flexibility index (Phi) is 10.0. The third-order valence-corrected chi connectivity index (χ3v) is 6.38. The first kappa shape index (κ1) is 24.8. The van der Waals surface area contributed by atoms with Crippen molar-refractivity contribution in [3.63, 3.8) is 0 Å². The predicted molar refractivity (Wildman–Crippen MR) is 109 cm³/mol. The fraction of sp³-hybridized carbons (Fsp3) is 0.562. The molecule has 0 saturated heterocycles. The molecule has 1 aromatic heterocycles. The highest BCUT2D eigenvalue weighted by atomic mass is 32.2. The Morgan fingerprint density at radius 1 is 1.31 bits per heavy atom. The van der Waals surface area contributed by atoms with E-state index in [1.54, 1.807) is 12.1 Å². The minimum Gasteiger partial charge on any atom is -0.409 e. The van der Waals surface area contributed by atoms with Crippen LogP contribution in [0, 0.1) is 0 Å². The van der Waals surface area contributed by atoms with Crippen LogP contribution in [0.2, 0.25) is 0 Å². The Morgan fingerprint density at radius 2 is 2.00 bits per heavy atom. The summed E-state index contributed by atoms with van der Waals surface area (Å²) in [7, 11) is -3.72. The zero-order chi connectivity index (χ0) is 22.0. The number of aliphatic hydroxyl groups excluding tert-OH is 1. The fourth-order valence-corrected chi connectivity index (χ4v) is 4.40. The van der Waals surface area contributed by atoms with E-state index in [-0.39, 0.29) is 18.1 Å². The molecule has 2 amide bonds. The molecular formula is C16H27N5O6S2. The summed E-state index contributed by atoms with van der Waals surface area (Å²) in [5.41, 5.74) is 5.49. The molecule has 164 valence electrons. The summed E-state index contributed by atoms with van der Waals surface area (Å²) in [6, 6.07) is 1.00. The number of rotatable bonds is 12. The highest BCUT2D eigenvalue weighted by molar-refractivity contribution is 7.89. The Labute approximate surface area is 173 Å². The molecule has 0 unspecified atom stereocenters. The second-order valence-electron chi connectivity index (χ2n) is 6.22. The van der Waals surface area contributed by atoms with Gasteiger partial charge in [0.05, 0.1) is 23.8 Å². The van der Waals surface area contributed by atoms with Gasteiger partial charge in [0.25, 0.3) is 0 Å². The van der Waals surface area contributed by atoms with E-state index in [9.17, 15) is 23.1 Å². The summed E-state index contributed by atoms with van der Waals surface area (Å²) < 4.78 is 25.9. The van der Waals surface area contributed by atoms with Crippen molar-refractivity contribution in [1.82, 2.24) is 15.4 Å². The minimum absolute atomic E-state index is 0.0374. The quantitative estimate of drug-likeness (QED) is 0.103. The topological polar surface area (TPSA) is 183 Å². The summed E-state index contributed by atoms with van der Waals surface area (Å²) in [5, 5.41) is 25.9. The van der Waals surface area contributed by atoms with Crippen molar-refractivity contribution in [1.29, 1.82) is 0 Å². The zero-order valence-corrected chi connectivity index (χ0v) is 17.8. The smallest absolute Gasteiger partial charge is 0.242 e. The van der Waals surface area contributed by atoms with Crippen LogP contribution in [0.3, 0.4) is 0 Å². The van der Waals surface area contributed by atoms with E-state index in [2.05, 4.69) is 20.5 Å². The zero-order valence-electron chi connectivity index (χ0n) is 16.2. The van der Waals surface area contributed by atoms with Crippen LogP contribution in [-0.2, 0) is 26.2 Å². The number of hydrogen-bond donors (Lipinski definition) is 6. The van der Waals surface area contributed by atoms with Crippen molar-refractivity contribution < 1.29 is 28.3 Å². The van der Waals surface area contributed by atoms with E-state index >= 15 is 0 Å². The summed E-state index contributed by atoms with van der Waals surface area (Å²) in [6.45, 7) is 2.69. The summed E-state index contributed by atoms with van der Waals surface area (Å²) in [6.07, 6.45) is 1.09. The average Bonchev–Trinajstić information content (AvgIpc) is 3.16. The molecule has 2 atom stereocenters. The first-order chi connectivity index (χ1) is 13.6. The first-order valence-electron chi connectivity index (χ1n) is 8.89. The average molecular weight is 450 g/mol. The van der Waals surface area contributed by atoms with Crippen molar-refractivity contribution in [3.05, 3.63) is 21.9 Å². The van der Waals surface area contributed by atoms with Gasteiger partial charge in [-0.05, 0) is 25.5 Å². The van der Waals surface area contributed by atoms with Gasteiger partial charge in [-0.3, -0.25) is 9.59 Å². The van der Waals surface area contributed by atoms with Crippen LogP contribution in [0.25, 0.3) is 0 Å². The van der Waals surface area contributed by atoms with Gasteiger partial charge in [0.15, 0.2) is 5.84 Å². The number of nitrogens with zero attached hydrogens (tertiary/aromatic N) is 1. The van der Waals surface area contributed by atoms with Crippen molar-refractivity contribution in [2.45, 2.75) is 45.3 Å². The first-order valence-corrected chi connectivity index (χ1v) is 11.4. The van der Waals surface area contributed by atoms with Crippen LogP contribution >= 0.6 is 11.3 Å². The summed E-state index contributed by atoms with van der Waals surface area (Å²) >= 11 is 1.23. The molecule has 0 radical (unpaired) electrons. The highest BCUT2D eigenvalue weighted by Crippen LogP contribution is 2.15. The second-order valence-corrected chi connectivity index (χ2v) is 9.27. The van der Waals surface area contributed by atoms with Crippen molar-refractivity contribution in [3.8, 4) is 0 Å². The van der Waals surface area contributed by atoms with E-state index in [1.165, 1.54) is 18.3 Å². The van der Waals surface area contributed by atoms with Gasteiger partial charge in [0.1, 0.15) is 12.1 Å². The number of unbranched alkanes of at least 4 members (excludes halogenated alkanes) is 1. The second kappa shape index (κ2) is 11.7. The van der Waals surface area contributed by atoms with Gasteiger partial charge in [-0.2, -0.15) is 0 Å². The Morgan fingerprint density at radius 3 is 2.59 bits per heavy atom. The molecule has 0 bridgehead atoms. The van der Waals surface area contributed by atoms with E-state index in [1.807, 2.05) is 6.92 Å². The molecule has 0 aliphatic heterocycles. The normalized spacial score (nSPS) is 14.2. The van der Waals surface area contributed by atoms with Gasteiger partial charge in [0, 0.05) is 4.88 Å².